The van der Waals surface area contributed by atoms with Gasteiger partial charge in [0.15, 0.2) is 0 Å². The van der Waals surface area contributed by atoms with Crippen molar-refractivity contribution >= 4 is 0 Å². The van der Waals surface area contributed by atoms with Gasteiger partial charge in [0.2, 0.25) is 0 Å². The van der Waals surface area contributed by atoms with E-state index in [1.54, 1.807) is 0 Å². The normalized spacial score (nSPS) is 37.7. The first-order valence-electron chi connectivity index (χ1n) is 8.42. The van der Waals surface area contributed by atoms with E-state index >= 15 is 0 Å². The quantitative estimate of drug-likeness (QED) is 0.838. The number of hydrogen-bond donors (Lipinski definition) is 1. The van der Waals surface area contributed by atoms with Crippen LogP contribution in [-0.4, -0.2) is 29.6 Å². The van der Waals surface area contributed by atoms with Gasteiger partial charge in [-0.2, -0.15) is 0 Å². The third kappa shape index (κ3) is 2.85. The Bertz CT molecular complexity index is 290. The fourth-order valence-corrected chi connectivity index (χ4v) is 4.47. The van der Waals surface area contributed by atoms with Crippen LogP contribution in [0.3, 0.4) is 0 Å². The predicted molar refractivity (Wildman–Crippen MR) is 83.2 cm³/mol. The number of rotatable bonds is 4. The molecular formula is C17H34N2. The van der Waals surface area contributed by atoms with Gasteiger partial charge in [0.1, 0.15) is 0 Å². The second-order valence-corrected chi connectivity index (χ2v) is 7.73. The minimum Gasteiger partial charge on any atom is -0.329 e. The lowest BCUT2D eigenvalue weighted by atomic mass is 9.65. The molecule has 1 saturated carbocycles. The van der Waals surface area contributed by atoms with Crippen molar-refractivity contribution < 1.29 is 0 Å². The van der Waals surface area contributed by atoms with Crippen molar-refractivity contribution in [3.05, 3.63) is 0 Å². The molecule has 1 heterocycles. The molecule has 0 spiro atoms. The summed E-state index contributed by atoms with van der Waals surface area (Å²) < 4.78 is 0. The van der Waals surface area contributed by atoms with Crippen molar-refractivity contribution in [2.45, 2.75) is 84.2 Å². The fourth-order valence-electron chi connectivity index (χ4n) is 4.47. The molecule has 2 aliphatic rings. The Balaban J connectivity index is 2.03. The van der Waals surface area contributed by atoms with Crippen LogP contribution in [0.15, 0.2) is 0 Å². The van der Waals surface area contributed by atoms with E-state index in [2.05, 4.69) is 32.6 Å². The molecule has 1 saturated heterocycles. The Morgan fingerprint density at radius 2 is 1.84 bits per heavy atom. The average molecular weight is 266 g/mol. The van der Waals surface area contributed by atoms with Crippen LogP contribution in [0.1, 0.15) is 72.6 Å². The Morgan fingerprint density at radius 1 is 1.21 bits per heavy atom. The lowest BCUT2D eigenvalue weighted by Gasteiger charge is -2.50. The minimum absolute atomic E-state index is 0.330. The lowest BCUT2D eigenvalue weighted by Crippen LogP contribution is -2.57. The van der Waals surface area contributed by atoms with Gasteiger partial charge in [0.25, 0.3) is 0 Å². The van der Waals surface area contributed by atoms with Crippen LogP contribution in [0.25, 0.3) is 0 Å². The van der Waals surface area contributed by atoms with Crippen LogP contribution >= 0.6 is 0 Å². The Labute approximate surface area is 120 Å². The van der Waals surface area contributed by atoms with Crippen LogP contribution in [0.4, 0.5) is 0 Å². The first kappa shape index (κ1) is 15.3. The number of nitrogens with zero attached hydrogens (tertiary/aromatic N) is 1. The molecule has 1 atom stereocenters. The van der Waals surface area contributed by atoms with Gasteiger partial charge in [0, 0.05) is 18.1 Å². The second kappa shape index (κ2) is 5.73. The van der Waals surface area contributed by atoms with Gasteiger partial charge in [-0.3, -0.25) is 4.90 Å². The Hall–Kier alpha value is -0.0800. The number of nitrogens with two attached hydrogens (primary N) is 1. The summed E-state index contributed by atoms with van der Waals surface area (Å²) in [6.07, 6.45) is 9.43. The molecule has 0 radical (unpaired) electrons. The number of likely N-dealkylation sites (tertiary alicyclic amines) is 1. The van der Waals surface area contributed by atoms with Gasteiger partial charge >= 0.3 is 0 Å². The summed E-state index contributed by atoms with van der Waals surface area (Å²) >= 11 is 0. The first-order chi connectivity index (χ1) is 8.95. The third-order valence-electron chi connectivity index (χ3n) is 6.47. The molecule has 0 bridgehead atoms. The highest BCUT2D eigenvalue weighted by atomic mass is 15.2. The molecule has 2 rings (SSSR count). The van der Waals surface area contributed by atoms with Crippen LogP contribution in [-0.2, 0) is 0 Å². The Morgan fingerprint density at radius 3 is 2.26 bits per heavy atom. The van der Waals surface area contributed by atoms with Crippen molar-refractivity contribution in [1.29, 1.82) is 0 Å². The van der Waals surface area contributed by atoms with Crippen molar-refractivity contribution in [2.75, 3.05) is 13.1 Å². The van der Waals surface area contributed by atoms with Gasteiger partial charge in [0.05, 0.1) is 0 Å². The van der Waals surface area contributed by atoms with Crippen LogP contribution < -0.4 is 5.73 Å². The van der Waals surface area contributed by atoms with Crippen molar-refractivity contribution in [1.82, 2.24) is 4.90 Å². The van der Waals surface area contributed by atoms with E-state index in [0.29, 0.717) is 11.0 Å². The number of hydrogen-bond acceptors (Lipinski definition) is 2. The van der Waals surface area contributed by atoms with Crippen molar-refractivity contribution in [2.24, 2.45) is 17.1 Å². The minimum atomic E-state index is 0.330. The maximum atomic E-state index is 6.23. The first-order valence-corrected chi connectivity index (χ1v) is 8.42. The van der Waals surface area contributed by atoms with E-state index in [-0.39, 0.29) is 0 Å². The van der Waals surface area contributed by atoms with Gasteiger partial charge in [-0.25, -0.2) is 0 Å². The zero-order chi connectivity index (χ0) is 14.1. The molecule has 1 unspecified atom stereocenters. The summed E-state index contributed by atoms with van der Waals surface area (Å²) in [5.74, 6) is 0.898. The van der Waals surface area contributed by atoms with Crippen molar-refractivity contribution in [3.63, 3.8) is 0 Å². The van der Waals surface area contributed by atoms with Crippen LogP contribution in [0, 0.1) is 11.3 Å². The van der Waals surface area contributed by atoms with E-state index in [1.807, 2.05) is 0 Å². The van der Waals surface area contributed by atoms with Crippen LogP contribution in [0.5, 0.6) is 0 Å². The predicted octanol–water partition coefficient (Wildman–Crippen LogP) is 3.79. The monoisotopic (exact) mass is 266 g/mol. The molecule has 1 aliphatic carbocycles. The molecule has 0 aromatic rings. The van der Waals surface area contributed by atoms with Gasteiger partial charge < -0.3 is 5.73 Å². The molecule has 19 heavy (non-hydrogen) atoms. The van der Waals surface area contributed by atoms with E-state index in [1.165, 1.54) is 51.5 Å². The topological polar surface area (TPSA) is 29.3 Å². The molecule has 2 heteroatoms. The third-order valence-corrected chi connectivity index (χ3v) is 6.47. The zero-order valence-corrected chi connectivity index (χ0v) is 13.5. The highest BCUT2D eigenvalue weighted by Gasteiger charge is 2.44. The summed E-state index contributed by atoms with van der Waals surface area (Å²) in [5, 5.41) is 0. The largest absolute Gasteiger partial charge is 0.329 e. The lowest BCUT2D eigenvalue weighted by molar-refractivity contribution is 0.0124. The maximum Gasteiger partial charge on any atom is 0.0334 e. The Kier molecular flexibility index (Phi) is 4.62. The second-order valence-electron chi connectivity index (χ2n) is 7.73. The van der Waals surface area contributed by atoms with E-state index < -0.39 is 0 Å². The van der Waals surface area contributed by atoms with Gasteiger partial charge in [-0.1, -0.05) is 27.2 Å². The average Bonchev–Trinajstić information content (AvgIpc) is 2.85. The molecule has 2 N–H and O–H groups in total. The summed E-state index contributed by atoms with van der Waals surface area (Å²) in [6.45, 7) is 11.8. The molecular weight excluding hydrogens is 232 g/mol. The molecule has 112 valence electrons. The highest BCUT2D eigenvalue weighted by Crippen LogP contribution is 2.46. The maximum absolute atomic E-state index is 6.23. The molecule has 2 fully saturated rings. The van der Waals surface area contributed by atoms with Crippen LogP contribution in [0.2, 0.25) is 0 Å². The zero-order valence-electron chi connectivity index (χ0n) is 13.5. The summed E-state index contributed by atoms with van der Waals surface area (Å²) in [5.41, 5.74) is 7.07. The fraction of sp³-hybridized carbons (Fsp3) is 1.00. The van der Waals surface area contributed by atoms with E-state index in [9.17, 15) is 0 Å². The van der Waals surface area contributed by atoms with E-state index in [0.717, 1.165) is 18.5 Å². The SMILES string of the molecule is CCC(C)(C)C1CCC(CN)(N2CCCC2C)CC1. The summed E-state index contributed by atoms with van der Waals surface area (Å²) in [7, 11) is 0. The standard InChI is InChI=1S/C17H34N2/c1-5-16(3,4)15-8-10-17(13-18,11-9-15)19-12-6-7-14(19)2/h14-15H,5-13,18H2,1-4H3. The molecule has 0 amide bonds. The molecule has 0 aromatic heterocycles. The van der Waals surface area contributed by atoms with Gasteiger partial charge in [-0.05, 0) is 63.3 Å². The summed E-state index contributed by atoms with van der Waals surface area (Å²) in [4.78, 5) is 2.75. The van der Waals surface area contributed by atoms with Gasteiger partial charge in [-0.15, -0.1) is 0 Å². The molecule has 2 nitrogen and oxygen atoms in total. The smallest absolute Gasteiger partial charge is 0.0334 e. The van der Waals surface area contributed by atoms with E-state index in [4.69, 9.17) is 5.73 Å². The molecule has 1 aliphatic heterocycles. The summed E-state index contributed by atoms with van der Waals surface area (Å²) in [6, 6.07) is 0.749. The molecule has 0 aromatic carbocycles. The highest BCUT2D eigenvalue weighted by molar-refractivity contribution is 5.01. The van der Waals surface area contributed by atoms with Crippen molar-refractivity contribution in [3.8, 4) is 0 Å².